The summed E-state index contributed by atoms with van der Waals surface area (Å²) in [4.78, 5) is 13.0. The Kier molecular flexibility index (Phi) is 6.70. The predicted molar refractivity (Wildman–Crippen MR) is 131 cm³/mol. The van der Waals surface area contributed by atoms with Gasteiger partial charge in [0.25, 0.3) is 0 Å². The first-order valence-corrected chi connectivity index (χ1v) is 11.3. The van der Waals surface area contributed by atoms with Crippen LogP contribution in [0, 0.1) is 11.3 Å². The number of halogens is 1. The Morgan fingerprint density at radius 2 is 1.94 bits per heavy atom. The van der Waals surface area contributed by atoms with Crippen molar-refractivity contribution in [3.8, 4) is 17.2 Å². The van der Waals surface area contributed by atoms with Crippen LogP contribution in [0.25, 0.3) is 10.8 Å². The van der Waals surface area contributed by atoms with E-state index in [1.165, 1.54) is 0 Å². The molecule has 3 aromatic carbocycles. The summed E-state index contributed by atoms with van der Waals surface area (Å²) in [7, 11) is 1.56. The van der Waals surface area contributed by atoms with Crippen molar-refractivity contribution in [3.63, 3.8) is 0 Å². The third-order valence-electron chi connectivity index (χ3n) is 5.55. The first-order valence-electron chi connectivity index (χ1n) is 10.5. The van der Waals surface area contributed by atoms with E-state index in [1.54, 1.807) is 20.1 Å². The summed E-state index contributed by atoms with van der Waals surface area (Å²) in [6.07, 6.45) is 1.65. The fourth-order valence-electron chi connectivity index (χ4n) is 4.13. The molecule has 1 aliphatic rings. The highest BCUT2D eigenvalue weighted by molar-refractivity contribution is 9.10. The Balaban J connectivity index is 1.93. The Morgan fingerprint density at radius 1 is 1.21 bits per heavy atom. The van der Waals surface area contributed by atoms with E-state index in [4.69, 9.17) is 24.4 Å². The standard InChI is InChI=1S/C26H24BrNO5/c1-4-10-32-24-19(27)12-17(14-21(24)30-3)22-18-11-15-8-6-7-9-16(15)13-20(18)33-25(28)23(22)26(29)31-5-2/h4,6-9,11-14,22-23,28H,1,5,10H2,2-3H3. The van der Waals surface area contributed by atoms with Crippen molar-refractivity contribution in [3.05, 3.63) is 76.8 Å². The molecule has 7 heteroatoms. The topological polar surface area (TPSA) is 77.8 Å². The summed E-state index contributed by atoms with van der Waals surface area (Å²) in [5.41, 5.74) is 1.57. The van der Waals surface area contributed by atoms with Crippen LogP contribution in [0.15, 0.2) is 65.7 Å². The van der Waals surface area contributed by atoms with Gasteiger partial charge < -0.3 is 18.9 Å². The second kappa shape index (κ2) is 9.67. The number of hydrogen-bond donors (Lipinski definition) is 1. The average molecular weight is 510 g/mol. The lowest BCUT2D eigenvalue weighted by atomic mass is 9.77. The molecule has 0 amide bonds. The molecule has 33 heavy (non-hydrogen) atoms. The highest BCUT2D eigenvalue weighted by Crippen LogP contribution is 2.47. The lowest BCUT2D eigenvalue weighted by Crippen LogP contribution is -2.38. The van der Waals surface area contributed by atoms with Crippen LogP contribution >= 0.6 is 15.9 Å². The number of ether oxygens (including phenoxy) is 4. The van der Waals surface area contributed by atoms with Crippen molar-refractivity contribution in [1.82, 2.24) is 0 Å². The number of rotatable bonds is 7. The average Bonchev–Trinajstić information content (AvgIpc) is 2.80. The molecule has 0 spiro atoms. The minimum absolute atomic E-state index is 0.150. The maximum Gasteiger partial charge on any atom is 0.319 e. The van der Waals surface area contributed by atoms with Gasteiger partial charge in [-0.1, -0.05) is 36.9 Å². The van der Waals surface area contributed by atoms with Crippen molar-refractivity contribution in [2.24, 2.45) is 5.92 Å². The number of esters is 1. The number of benzene rings is 3. The molecule has 2 atom stereocenters. The normalized spacial score (nSPS) is 17.1. The second-order valence-electron chi connectivity index (χ2n) is 7.54. The number of methoxy groups -OCH3 is 1. The van der Waals surface area contributed by atoms with Gasteiger partial charge >= 0.3 is 5.97 Å². The lowest BCUT2D eigenvalue weighted by Gasteiger charge is -2.33. The molecule has 1 aliphatic heterocycles. The van der Waals surface area contributed by atoms with Crippen LogP contribution in [0.4, 0.5) is 0 Å². The van der Waals surface area contributed by atoms with E-state index in [-0.39, 0.29) is 12.5 Å². The highest BCUT2D eigenvalue weighted by atomic mass is 79.9. The Hall–Kier alpha value is -3.32. The molecule has 0 aliphatic carbocycles. The number of fused-ring (bicyclic) bond motifs is 2. The van der Waals surface area contributed by atoms with Crippen LogP contribution < -0.4 is 14.2 Å². The van der Waals surface area contributed by atoms with Gasteiger partial charge in [-0.25, -0.2) is 0 Å². The van der Waals surface area contributed by atoms with Crippen molar-refractivity contribution in [2.75, 3.05) is 20.3 Å². The first kappa shape index (κ1) is 22.9. The van der Waals surface area contributed by atoms with E-state index in [0.717, 1.165) is 21.9 Å². The largest absolute Gasteiger partial charge is 0.493 e. The third kappa shape index (κ3) is 4.33. The van der Waals surface area contributed by atoms with Gasteiger partial charge in [0.05, 0.1) is 18.2 Å². The highest BCUT2D eigenvalue weighted by Gasteiger charge is 2.43. The maximum absolute atomic E-state index is 13.0. The molecular weight excluding hydrogens is 486 g/mol. The second-order valence-corrected chi connectivity index (χ2v) is 8.40. The molecule has 1 heterocycles. The Labute approximate surface area is 200 Å². The van der Waals surface area contributed by atoms with E-state index in [0.29, 0.717) is 28.3 Å². The zero-order valence-electron chi connectivity index (χ0n) is 18.4. The molecule has 4 rings (SSSR count). The molecular formula is C26H24BrNO5. The van der Waals surface area contributed by atoms with Gasteiger partial charge in [-0.3, -0.25) is 10.2 Å². The molecule has 0 radical (unpaired) electrons. The Morgan fingerprint density at radius 3 is 2.61 bits per heavy atom. The zero-order chi connectivity index (χ0) is 23.5. The minimum atomic E-state index is -0.935. The van der Waals surface area contributed by atoms with Gasteiger partial charge in [0.1, 0.15) is 18.3 Å². The van der Waals surface area contributed by atoms with E-state index >= 15 is 0 Å². The van der Waals surface area contributed by atoms with E-state index in [9.17, 15) is 4.79 Å². The van der Waals surface area contributed by atoms with E-state index in [1.807, 2.05) is 48.5 Å². The van der Waals surface area contributed by atoms with Crippen LogP contribution in [-0.2, 0) is 9.53 Å². The summed E-state index contributed by atoms with van der Waals surface area (Å²) < 4.78 is 23.2. The SMILES string of the molecule is C=CCOc1c(Br)cc(C2c3cc4ccccc4cc3OC(=N)C2C(=O)OCC)cc1OC. The monoisotopic (exact) mass is 509 g/mol. The van der Waals surface area contributed by atoms with Gasteiger partial charge in [-0.15, -0.1) is 0 Å². The van der Waals surface area contributed by atoms with Gasteiger partial charge in [0.15, 0.2) is 11.5 Å². The zero-order valence-corrected chi connectivity index (χ0v) is 20.0. The van der Waals surface area contributed by atoms with Crippen molar-refractivity contribution in [1.29, 1.82) is 5.41 Å². The summed E-state index contributed by atoms with van der Waals surface area (Å²) >= 11 is 3.58. The van der Waals surface area contributed by atoms with E-state index < -0.39 is 17.8 Å². The van der Waals surface area contributed by atoms with Crippen LogP contribution in [0.2, 0.25) is 0 Å². The quantitative estimate of drug-likeness (QED) is 0.319. The van der Waals surface area contributed by atoms with E-state index in [2.05, 4.69) is 22.5 Å². The molecule has 0 fully saturated rings. The van der Waals surface area contributed by atoms with Crippen LogP contribution in [0.3, 0.4) is 0 Å². The smallest absolute Gasteiger partial charge is 0.319 e. The van der Waals surface area contributed by atoms with Gasteiger partial charge in [0, 0.05) is 11.5 Å². The molecule has 170 valence electrons. The number of hydrogen-bond acceptors (Lipinski definition) is 6. The van der Waals surface area contributed by atoms with Crippen molar-refractivity contribution >= 4 is 38.6 Å². The minimum Gasteiger partial charge on any atom is -0.493 e. The molecule has 2 unspecified atom stereocenters. The summed E-state index contributed by atoms with van der Waals surface area (Å²) in [6.45, 7) is 5.96. The summed E-state index contributed by atoms with van der Waals surface area (Å²) in [5.74, 6) is -0.513. The van der Waals surface area contributed by atoms with Crippen LogP contribution in [-0.4, -0.2) is 32.2 Å². The molecule has 3 aromatic rings. The van der Waals surface area contributed by atoms with Crippen molar-refractivity contribution < 1.29 is 23.7 Å². The van der Waals surface area contributed by atoms with Gasteiger partial charge in [-0.2, -0.15) is 0 Å². The number of nitrogens with one attached hydrogen (secondary N) is 1. The molecule has 1 N–H and O–H groups in total. The Bertz CT molecular complexity index is 1240. The number of carbonyl (C=O) groups excluding carboxylic acids is 1. The molecule has 0 saturated carbocycles. The predicted octanol–water partition coefficient (Wildman–Crippen LogP) is 5.86. The van der Waals surface area contributed by atoms with Crippen LogP contribution in [0.5, 0.6) is 17.2 Å². The fraction of sp³-hybridized carbons (Fsp3) is 0.231. The number of carbonyl (C=O) groups is 1. The van der Waals surface area contributed by atoms with Crippen LogP contribution in [0.1, 0.15) is 24.0 Å². The van der Waals surface area contributed by atoms with Gasteiger partial charge in [0.2, 0.25) is 5.90 Å². The maximum atomic E-state index is 13.0. The molecule has 0 saturated heterocycles. The van der Waals surface area contributed by atoms with Gasteiger partial charge in [-0.05, 0) is 63.5 Å². The summed E-state index contributed by atoms with van der Waals surface area (Å²) in [5, 5.41) is 10.6. The lowest BCUT2D eigenvalue weighted by molar-refractivity contribution is -0.146. The third-order valence-corrected chi connectivity index (χ3v) is 6.13. The summed E-state index contributed by atoms with van der Waals surface area (Å²) in [6, 6.07) is 15.5. The molecule has 0 bridgehead atoms. The fourth-order valence-corrected chi connectivity index (χ4v) is 4.70. The molecule has 0 aromatic heterocycles. The molecule has 6 nitrogen and oxygen atoms in total. The first-order chi connectivity index (χ1) is 16.0. The van der Waals surface area contributed by atoms with Crippen molar-refractivity contribution in [2.45, 2.75) is 12.8 Å².